The Morgan fingerprint density at radius 3 is 2.68 bits per heavy atom. The van der Waals surface area contributed by atoms with Crippen molar-refractivity contribution in [1.82, 2.24) is 4.90 Å². The molecule has 1 amide bonds. The molecule has 0 aromatic heterocycles. The van der Waals surface area contributed by atoms with Gasteiger partial charge >= 0.3 is 5.97 Å². The van der Waals surface area contributed by atoms with E-state index in [0.717, 1.165) is 12.8 Å². The lowest BCUT2D eigenvalue weighted by molar-refractivity contribution is -0.136. The molecule has 28 heavy (non-hydrogen) atoms. The number of methoxy groups -OCH3 is 3. The van der Waals surface area contributed by atoms with Crippen LogP contribution in [0.25, 0.3) is 6.08 Å². The molecule has 0 spiro atoms. The summed E-state index contributed by atoms with van der Waals surface area (Å²) in [4.78, 5) is 27.2. The van der Waals surface area contributed by atoms with Crippen LogP contribution in [-0.4, -0.2) is 57.4 Å². The number of esters is 1. The maximum Gasteiger partial charge on any atom is 0.340 e. The highest BCUT2D eigenvalue weighted by atomic mass is 16.5. The Hall–Kier alpha value is -2.80. The molecule has 1 atom stereocenters. The summed E-state index contributed by atoms with van der Waals surface area (Å²) < 4.78 is 21.2. The van der Waals surface area contributed by atoms with Crippen molar-refractivity contribution in [2.45, 2.75) is 25.9 Å². The molecule has 150 valence electrons. The van der Waals surface area contributed by atoms with Crippen LogP contribution < -0.4 is 9.47 Å². The molecule has 0 aliphatic carbocycles. The van der Waals surface area contributed by atoms with E-state index in [0.29, 0.717) is 35.9 Å². The number of hydrogen-bond acceptors (Lipinski definition) is 6. The highest BCUT2D eigenvalue weighted by Crippen LogP contribution is 2.35. The Morgan fingerprint density at radius 1 is 1.29 bits per heavy atom. The van der Waals surface area contributed by atoms with Crippen LogP contribution in [0, 0.1) is 0 Å². The van der Waals surface area contributed by atoms with Gasteiger partial charge < -0.3 is 23.8 Å². The molecule has 3 rings (SSSR count). The highest BCUT2D eigenvalue weighted by Gasteiger charge is 2.38. The Kier molecular flexibility index (Phi) is 6.04. The van der Waals surface area contributed by atoms with Gasteiger partial charge in [-0.05, 0) is 38.0 Å². The van der Waals surface area contributed by atoms with E-state index in [2.05, 4.69) is 0 Å². The SMILES string of the molecule is COC(=O)C1=C(C)N(CC2CCCO2)C(=O)C1=Cc1ccc(OC)cc1OC. The molecule has 1 saturated heterocycles. The van der Waals surface area contributed by atoms with Crippen LogP contribution >= 0.6 is 0 Å². The summed E-state index contributed by atoms with van der Waals surface area (Å²) in [5.41, 5.74) is 1.79. The number of ether oxygens (including phenoxy) is 4. The van der Waals surface area contributed by atoms with Gasteiger partial charge in [0.05, 0.1) is 45.1 Å². The first-order valence-electron chi connectivity index (χ1n) is 9.17. The minimum absolute atomic E-state index is 0.0207. The van der Waals surface area contributed by atoms with Crippen LogP contribution in [0.5, 0.6) is 11.5 Å². The van der Waals surface area contributed by atoms with Gasteiger partial charge in [0.25, 0.3) is 5.91 Å². The van der Waals surface area contributed by atoms with E-state index >= 15 is 0 Å². The van der Waals surface area contributed by atoms with Crippen LogP contribution in [0.4, 0.5) is 0 Å². The average Bonchev–Trinajstić information content (AvgIpc) is 3.30. The summed E-state index contributed by atoms with van der Waals surface area (Å²) >= 11 is 0. The molecule has 0 bridgehead atoms. The molecule has 1 fully saturated rings. The van der Waals surface area contributed by atoms with E-state index in [1.165, 1.54) is 7.11 Å². The first-order valence-corrected chi connectivity index (χ1v) is 9.17. The zero-order valence-corrected chi connectivity index (χ0v) is 16.6. The summed E-state index contributed by atoms with van der Waals surface area (Å²) in [5, 5.41) is 0. The van der Waals surface area contributed by atoms with E-state index in [4.69, 9.17) is 18.9 Å². The second kappa shape index (κ2) is 8.48. The highest BCUT2D eigenvalue weighted by molar-refractivity contribution is 6.16. The Balaban J connectivity index is 2.01. The standard InChI is InChI=1S/C21H25NO6/c1-13-19(21(24)27-4)17(20(23)22(13)12-16-6-5-9-28-16)10-14-7-8-15(25-2)11-18(14)26-3/h7-8,10-11,16H,5-6,9,12H2,1-4H3. The molecule has 7 nitrogen and oxygen atoms in total. The average molecular weight is 387 g/mol. The number of allylic oxidation sites excluding steroid dienone is 1. The lowest BCUT2D eigenvalue weighted by Crippen LogP contribution is -2.33. The lowest BCUT2D eigenvalue weighted by atomic mass is 10.0. The fourth-order valence-electron chi connectivity index (χ4n) is 3.53. The van der Waals surface area contributed by atoms with Gasteiger partial charge in [-0.25, -0.2) is 4.79 Å². The van der Waals surface area contributed by atoms with Crippen molar-refractivity contribution >= 4 is 18.0 Å². The zero-order valence-electron chi connectivity index (χ0n) is 16.6. The van der Waals surface area contributed by atoms with Crippen LogP contribution in [0.2, 0.25) is 0 Å². The van der Waals surface area contributed by atoms with Crippen molar-refractivity contribution < 1.29 is 28.5 Å². The third-order valence-electron chi connectivity index (χ3n) is 5.05. The zero-order chi connectivity index (χ0) is 20.3. The molecule has 0 radical (unpaired) electrons. The van der Waals surface area contributed by atoms with Gasteiger partial charge in [-0.15, -0.1) is 0 Å². The smallest absolute Gasteiger partial charge is 0.340 e. The second-order valence-electron chi connectivity index (χ2n) is 6.67. The molecule has 0 saturated carbocycles. The normalized spacial score (nSPS) is 20.9. The first kappa shape index (κ1) is 19.9. The second-order valence-corrected chi connectivity index (χ2v) is 6.67. The van der Waals surface area contributed by atoms with E-state index in [9.17, 15) is 9.59 Å². The van der Waals surface area contributed by atoms with Crippen LogP contribution in [0.15, 0.2) is 35.0 Å². The Morgan fingerprint density at radius 2 is 2.07 bits per heavy atom. The fraction of sp³-hybridized carbons (Fsp3) is 0.429. The number of nitrogens with zero attached hydrogens (tertiary/aromatic N) is 1. The molecule has 2 heterocycles. The van der Waals surface area contributed by atoms with Crippen molar-refractivity contribution in [3.8, 4) is 11.5 Å². The maximum atomic E-state index is 13.1. The quantitative estimate of drug-likeness (QED) is 0.552. The molecule has 0 N–H and O–H groups in total. The maximum absolute atomic E-state index is 13.1. The van der Waals surface area contributed by atoms with Crippen LogP contribution in [0.1, 0.15) is 25.3 Å². The topological polar surface area (TPSA) is 74.3 Å². The summed E-state index contributed by atoms with van der Waals surface area (Å²) in [6.45, 7) is 2.87. The molecule has 1 aromatic carbocycles. The third kappa shape index (κ3) is 3.75. The summed E-state index contributed by atoms with van der Waals surface area (Å²) in [6, 6.07) is 5.28. The third-order valence-corrected chi connectivity index (χ3v) is 5.05. The Bertz CT molecular complexity index is 835. The van der Waals surface area contributed by atoms with Gasteiger partial charge in [-0.3, -0.25) is 4.79 Å². The summed E-state index contributed by atoms with van der Waals surface area (Å²) in [5.74, 6) is 0.390. The number of carbonyl (C=O) groups excluding carboxylic acids is 2. The monoisotopic (exact) mass is 387 g/mol. The largest absolute Gasteiger partial charge is 0.497 e. The molecule has 7 heteroatoms. The molecular weight excluding hydrogens is 362 g/mol. The number of carbonyl (C=O) groups is 2. The van der Waals surface area contributed by atoms with Gasteiger partial charge in [0.1, 0.15) is 11.5 Å². The van der Waals surface area contributed by atoms with Crippen LogP contribution in [0.3, 0.4) is 0 Å². The molecule has 2 aliphatic heterocycles. The van der Waals surface area contributed by atoms with Crippen molar-refractivity contribution in [3.63, 3.8) is 0 Å². The molecule has 1 aromatic rings. The van der Waals surface area contributed by atoms with Crippen molar-refractivity contribution in [1.29, 1.82) is 0 Å². The minimum Gasteiger partial charge on any atom is -0.497 e. The number of amides is 1. The van der Waals surface area contributed by atoms with Gasteiger partial charge in [0.2, 0.25) is 0 Å². The van der Waals surface area contributed by atoms with Crippen molar-refractivity contribution in [3.05, 3.63) is 40.6 Å². The first-order chi connectivity index (χ1) is 13.5. The van der Waals surface area contributed by atoms with E-state index in [1.807, 2.05) is 0 Å². The van der Waals surface area contributed by atoms with Gasteiger partial charge in [0, 0.05) is 23.9 Å². The van der Waals surface area contributed by atoms with Crippen LogP contribution in [-0.2, 0) is 19.1 Å². The predicted octanol–water partition coefficient (Wildman–Crippen LogP) is 2.56. The summed E-state index contributed by atoms with van der Waals surface area (Å²) in [7, 11) is 4.42. The number of rotatable bonds is 6. The predicted molar refractivity (Wildman–Crippen MR) is 103 cm³/mol. The van der Waals surface area contributed by atoms with Crippen molar-refractivity contribution in [2.75, 3.05) is 34.5 Å². The fourth-order valence-corrected chi connectivity index (χ4v) is 3.53. The minimum atomic E-state index is -0.542. The summed E-state index contributed by atoms with van der Waals surface area (Å²) in [6.07, 6.45) is 3.51. The van der Waals surface area contributed by atoms with Gasteiger partial charge in [-0.2, -0.15) is 0 Å². The van der Waals surface area contributed by atoms with E-state index < -0.39 is 5.97 Å². The molecule has 1 unspecified atom stereocenters. The van der Waals surface area contributed by atoms with E-state index in [1.54, 1.807) is 50.3 Å². The van der Waals surface area contributed by atoms with Crippen molar-refractivity contribution in [2.24, 2.45) is 0 Å². The number of benzene rings is 1. The molecular formula is C21H25NO6. The lowest BCUT2D eigenvalue weighted by Gasteiger charge is -2.21. The van der Waals surface area contributed by atoms with E-state index in [-0.39, 0.29) is 23.2 Å². The van der Waals surface area contributed by atoms with Gasteiger partial charge in [0.15, 0.2) is 0 Å². The molecule has 2 aliphatic rings. The number of hydrogen-bond donors (Lipinski definition) is 0. The van der Waals surface area contributed by atoms with Gasteiger partial charge in [-0.1, -0.05) is 0 Å². The Labute approximate surface area is 164 Å².